The van der Waals surface area contributed by atoms with Crippen LogP contribution < -0.4 is 5.32 Å². The van der Waals surface area contributed by atoms with Gasteiger partial charge >= 0.3 is 0 Å². The summed E-state index contributed by atoms with van der Waals surface area (Å²) in [5.74, 6) is 0.419. The van der Waals surface area contributed by atoms with Crippen molar-refractivity contribution in [2.75, 3.05) is 5.75 Å². The molecular weight excluding hydrogens is 314 g/mol. The maximum atomic E-state index is 12.0. The maximum absolute atomic E-state index is 12.0. The zero-order chi connectivity index (χ0) is 16.0. The van der Waals surface area contributed by atoms with Crippen LogP contribution in [-0.2, 0) is 10.2 Å². The second-order valence-corrected chi connectivity index (χ2v) is 7.97. The molecule has 6 heteroatoms. The lowest BCUT2D eigenvalue weighted by molar-refractivity contribution is -0.119. The van der Waals surface area contributed by atoms with E-state index in [2.05, 4.69) is 60.6 Å². The zero-order valence-electron chi connectivity index (χ0n) is 13.1. The number of hydrogen-bond donors (Lipinski definition) is 1. The molecule has 0 radical (unpaired) electrons. The Hall–Kier alpha value is -1.40. The maximum Gasteiger partial charge on any atom is 0.230 e. The Kier molecular flexibility index (Phi) is 5.97. The normalized spacial score (nSPS) is 12.9. The monoisotopic (exact) mass is 335 g/mol. The Morgan fingerprint density at radius 2 is 2.09 bits per heavy atom. The van der Waals surface area contributed by atoms with E-state index in [-0.39, 0.29) is 17.4 Å². The van der Waals surface area contributed by atoms with E-state index in [1.165, 1.54) is 28.7 Å². The average molecular weight is 335 g/mol. The summed E-state index contributed by atoms with van der Waals surface area (Å²) in [6, 6.07) is 10.5. The van der Waals surface area contributed by atoms with Crippen LogP contribution in [0.5, 0.6) is 0 Å². The molecule has 1 atom stereocenters. The first kappa shape index (κ1) is 17.0. The van der Waals surface area contributed by atoms with E-state index < -0.39 is 0 Å². The van der Waals surface area contributed by atoms with Gasteiger partial charge in [-0.15, -0.1) is 10.2 Å². The lowest BCUT2D eigenvalue weighted by atomic mass is 9.79. The standard InChI is InChI=1S/C16H21N3OS2/c1-12(9-16(2,3)13-7-5-4-6-8-13)18-14(20)10-21-15-19-17-11-22-15/h4-8,11-12H,9-10H2,1-3H3,(H,18,20)/t12-/m1/s1. The van der Waals surface area contributed by atoms with Gasteiger partial charge in [-0.25, -0.2) is 0 Å². The van der Waals surface area contributed by atoms with Crippen molar-refractivity contribution >= 4 is 29.0 Å². The molecule has 1 amide bonds. The highest BCUT2D eigenvalue weighted by Gasteiger charge is 2.24. The van der Waals surface area contributed by atoms with Gasteiger partial charge in [-0.3, -0.25) is 4.79 Å². The first-order valence-corrected chi connectivity index (χ1v) is 9.08. The van der Waals surface area contributed by atoms with Crippen molar-refractivity contribution in [3.8, 4) is 0 Å². The van der Waals surface area contributed by atoms with Crippen LogP contribution in [0.15, 0.2) is 40.2 Å². The van der Waals surface area contributed by atoms with Gasteiger partial charge in [0, 0.05) is 6.04 Å². The molecule has 0 spiro atoms. The van der Waals surface area contributed by atoms with Gasteiger partial charge < -0.3 is 5.32 Å². The van der Waals surface area contributed by atoms with Crippen molar-refractivity contribution in [3.63, 3.8) is 0 Å². The van der Waals surface area contributed by atoms with E-state index in [1.54, 1.807) is 5.51 Å². The van der Waals surface area contributed by atoms with Crippen LogP contribution in [0.3, 0.4) is 0 Å². The van der Waals surface area contributed by atoms with Crippen molar-refractivity contribution in [2.45, 2.75) is 43.0 Å². The molecule has 0 saturated carbocycles. The molecule has 1 heterocycles. The van der Waals surface area contributed by atoms with Gasteiger partial charge in [-0.1, -0.05) is 67.3 Å². The van der Waals surface area contributed by atoms with E-state index in [9.17, 15) is 4.79 Å². The first-order valence-electron chi connectivity index (χ1n) is 7.21. The van der Waals surface area contributed by atoms with Gasteiger partial charge in [0.15, 0.2) is 4.34 Å². The number of nitrogens with zero attached hydrogens (tertiary/aromatic N) is 2. The third kappa shape index (κ3) is 5.10. The van der Waals surface area contributed by atoms with Crippen LogP contribution in [0.2, 0.25) is 0 Å². The summed E-state index contributed by atoms with van der Waals surface area (Å²) in [4.78, 5) is 12.0. The summed E-state index contributed by atoms with van der Waals surface area (Å²) in [7, 11) is 0. The van der Waals surface area contributed by atoms with Gasteiger partial charge in [0.2, 0.25) is 5.91 Å². The number of benzene rings is 1. The fourth-order valence-corrected chi connectivity index (χ4v) is 3.79. The Balaban J connectivity index is 1.81. The Morgan fingerprint density at radius 3 is 2.73 bits per heavy atom. The number of amides is 1. The molecule has 0 aliphatic heterocycles. The van der Waals surface area contributed by atoms with E-state index in [4.69, 9.17) is 0 Å². The number of rotatable bonds is 7. The van der Waals surface area contributed by atoms with Gasteiger partial charge in [-0.2, -0.15) is 0 Å². The van der Waals surface area contributed by atoms with E-state index >= 15 is 0 Å². The minimum absolute atomic E-state index is 0.0281. The van der Waals surface area contributed by atoms with Gasteiger partial charge in [0.25, 0.3) is 0 Å². The Bertz CT molecular complexity index is 585. The highest BCUT2D eigenvalue weighted by atomic mass is 32.2. The molecule has 0 fully saturated rings. The SMILES string of the molecule is C[C@H](CC(C)(C)c1ccccc1)NC(=O)CSc1nncs1. The lowest BCUT2D eigenvalue weighted by Gasteiger charge is -2.29. The summed E-state index contributed by atoms with van der Waals surface area (Å²) in [6.07, 6.45) is 0.895. The number of carbonyl (C=O) groups excluding carboxylic acids is 1. The average Bonchev–Trinajstić information content (AvgIpc) is 2.98. The third-order valence-corrected chi connectivity index (χ3v) is 5.31. The molecule has 2 rings (SSSR count). The van der Waals surface area contributed by atoms with Crippen LogP contribution in [0.4, 0.5) is 0 Å². The smallest absolute Gasteiger partial charge is 0.230 e. The fourth-order valence-electron chi connectivity index (χ4n) is 2.49. The molecule has 0 unspecified atom stereocenters. The number of aromatic nitrogens is 2. The summed E-state index contributed by atoms with van der Waals surface area (Å²) in [5, 5.41) is 10.7. The third-order valence-electron chi connectivity index (χ3n) is 3.45. The molecule has 2 aromatic rings. The van der Waals surface area contributed by atoms with Crippen LogP contribution >= 0.6 is 23.1 Å². The molecule has 0 bridgehead atoms. The predicted molar refractivity (Wildman–Crippen MR) is 92.3 cm³/mol. The molecular formula is C16H21N3OS2. The van der Waals surface area contributed by atoms with Gasteiger partial charge in [0.05, 0.1) is 5.75 Å². The molecule has 118 valence electrons. The minimum atomic E-state index is 0.0281. The molecule has 1 aromatic carbocycles. The van der Waals surface area contributed by atoms with Gasteiger partial charge in [0.1, 0.15) is 5.51 Å². The molecule has 0 saturated heterocycles. The fraction of sp³-hybridized carbons (Fsp3) is 0.438. The highest BCUT2D eigenvalue weighted by molar-refractivity contribution is 8.01. The topological polar surface area (TPSA) is 54.9 Å². The molecule has 0 aliphatic rings. The number of thioether (sulfide) groups is 1. The largest absolute Gasteiger partial charge is 0.353 e. The Morgan fingerprint density at radius 1 is 1.36 bits per heavy atom. The molecule has 1 aromatic heterocycles. The second-order valence-electron chi connectivity index (χ2n) is 5.92. The van der Waals surface area contributed by atoms with E-state index in [1.807, 2.05) is 6.07 Å². The summed E-state index contributed by atoms with van der Waals surface area (Å²) < 4.78 is 0.826. The molecule has 4 nitrogen and oxygen atoms in total. The number of hydrogen-bond acceptors (Lipinski definition) is 5. The van der Waals surface area contributed by atoms with Crippen molar-refractivity contribution in [1.29, 1.82) is 0 Å². The van der Waals surface area contributed by atoms with Crippen molar-refractivity contribution in [1.82, 2.24) is 15.5 Å². The van der Waals surface area contributed by atoms with Crippen molar-refractivity contribution < 1.29 is 4.79 Å². The summed E-state index contributed by atoms with van der Waals surface area (Å²) in [5.41, 5.74) is 2.99. The van der Waals surface area contributed by atoms with E-state index in [0.29, 0.717) is 5.75 Å². The predicted octanol–water partition coefficient (Wildman–Crippen LogP) is 3.50. The number of nitrogens with one attached hydrogen (secondary N) is 1. The Labute approximate surface area is 139 Å². The highest BCUT2D eigenvalue weighted by Crippen LogP contribution is 2.28. The molecule has 22 heavy (non-hydrogen) atoms. The second kappa shape index (κ2) is 7.74. The van der Waals surface area contributed by atoms with Crippen LogP contribution in [-0.4, -0.2) is 27.9 Å². The van der Waals surface area contributed by atoms with E-state index in [0.717, 1.165) is 10.8 Å². The molecule has 0 aliphatic carbocycles. The van der Waals surface area contributed by atoms with Crippen LogP contribution in [0, 0.1) is 0 Å². The van der Waals surface area contributed by atoms with Crippen molar-refractivity contribution in [2.24, 2.45) is 0 Å². The summed E-state index contributed by atoms with van der Waals surface area (Å²) in [6.45, 7) is 6.47. The van der Waals surface area contributed by atoms with Gasteiger partial charge in [-0.05, 0) is 24.3 Å². The van der Waals surface area contributed by atoms with Crippen molar-refractivity contribution in [3.05, 3.63) is 41.4 Å². The lowest BCUT2D eigenvalue weighted by Crippen LogP contribution is -2.38. The zero-order valence-corrected chi connectivity index (χ0v) is 14.7. The van der Waals surface area contributed by atoms with Crippen LogP contribution in [0.25, 0.3) is 0 Å². The quantitative estimate of drug-likeness (QED) is 0.787. The summed E-state index contributed by atoms with van der Waals surface area (Å²) >= 11 is 2.88. The van der Waals surface area contributed by atoms with Crippen LogP contribution in [0.1, 0.15) is 32.8 Å². The first-order chi connectivity index (χ1) is 10.5. The number of carbonyl (C=O) groups is 1. The molecule has 1 N–H and O–H groups in total. The minimum Gasteiger partial charge on any atom is -0.353 e.